The maximum atomic E-state index is 10.9. The number of nitrogens with one attached hydrogen (secondary N) is 2. The van der Waals surface area contributed by atoms with Gasteiger partial charge in [-0.25, -0.2) is 0 Å². The highest BCUT2D eigenvalue weighted by Crippen LogP contribution is 2.14. The first-order valence-electron chi connectivity index (χ1n) is 4.95. The summed E-state index contributed by atoms with van der Waals surface area (Å²) in [5.74, 6) is 0.998. The van der Waals surface area contributed by atoms with E-state index in [-0.39, 0.29) is 5.56 Å². The Morgan fingerprint density at radius 2 is 2.31 bits per heavy atom. The van der Waals surface area contributed by atoms with E-state index in [1.807, 2.05) is 7.05 Å². The molecule has 0 atom stereocenters. The molecule has 0 aromatic carbocycles. The molecular formula is C10H12N4O2. The molecule has 0 unspecified atom stereocenters. The van der Waals surface area contributed by atoms with Crippen molar-refractivity contribution in [3.05, 3.63) is 34.6 Å². The lowest BCUT2D eigenvalue weighted by atomic mass is 10.3. The summed E-state index contributed by atoms with van der Waals surface area (Å²) in [5.41, 5.74) is 0.557. The van der Waals surface area contributed by atoms with E-state index >= 15 is 0 Å². The van der Waals surface area contributed by atoms with Crippen molar-refractivity contribution in [1.29, 1.82) is 0 Å². The molecule has 0 saturated carbocycles. The largest absolute Gasteiger partial charge is 0.421 e. The van der Waals surface area contributed by atoms with Gasteiger partial charge in [0.2, 0.25) is 17.3 Å². The van der Waals surface area contributed by atoms with Crippen LogP contribution >= 0.6 is 0 Å². The quantitative estimate of drug-likeness (QED) is 0.768. The number of H-pyrrole nitrogens is 1. The Balaban J connectivity index is 2.18. The van der Waals surface area contributed by atoms with Gasteiger partial charge in [-0.05, 0) is 13.1 Å². The van der Waals surface area contributed by atoms with Gasteiger partial charge in [0.05, 0.1) is 5.56 Å². The average molecular weight is 220 g/mol. The highest BCUT2D eigenvalue weighted by atomic mass is 16.4. The van der Waals surface area contributed by atoms with Gasteiger partial charge in [0, 0.05) is 25.2 Å². The first-order chi connectivity index (χ1) is 7.79. The van der Waals surface area contributed by atoms with Crippen LogP contribution < -0.4 is 10.9 Å². The summed E-state index contributed by atoms with van der Waals surface area (Å²) in [6, 6.07) is 3.07. The molecule has 2 N–H and O–H groups in total. The van der Waals surface area contributed by atoms with Gasteiger partial charge in [0.15, 0.2) is 0 Å². The maximum Gasteiger partial charge on any atom is 0.249 e. The maximum absolute atomic E-state index is 10.9. The summed E-state index contributed by atoms with van der Waals surface area (Å²) in [7, 11) is 1.86. The Morgan fingerprint density at radius 3 is 3.00 bits per heavy atom. The van der Waals surface area contributed by atoms with Crippen molar-refractivity contribution >= 4 is 0 Å². The first kappa shape index (κ1) is 10.6. The van der Waals surface area contributed by atoms with Crippen LogP contribution in [0.15, 0.2) is 27.5 Å². The molecule has 2 heterocycles. The highest BCUT2D eigenvalue weighted by molar-refractivity contribution is 5.49. The van der Waals surface area contributed by atoms with E-state index in [2.05, 4.69) is 20.5 Å². The molecule has 0 aliphatic rings. The molecule has 0 spiro atoms. The number of aromatic nitrogens is 3. The monoisotopic (exact) mass is 220 g/mol. The van der Waals surface area contributed by atoms with Crippen LogP contribution in [0.3, 0.4) is 0 Å². The van der Waals surface area contributed by atoms with Gasteiger partial charge in [0.25, 0.3) is 0 Å². The Labute approximate surface area is 91.7 Å². The predicted molar refractivity (Wildman–Crippen MR) is 58.0 cm³/mol. The van der Waals surface area contributed by atoms with E-state index in [0.29, 0.717) is 23.8 Å². The second kappa shape index (κ2) is 4.71. The van der Waals surface area contributed by atoms with E-state index in [1.165, 1.54) is 6.07 Å². The van der Waals surface area contributed by atoms with E-state index in [4.69, 9.17) is 4.42 Å². The number of hydrogen-bond acceptors (Lipinski definition) is 5. The second-order valence-electron chi connectivity index (χ2n) is 3.30. The van der Waals surface area contributed by atoms with Crippen molar-refractivity contribution in [3.63, 3.8) is 0 Å². The van der Waals surface area contributed by atoms with Gasteiger partial charge in [-0.3, -0.25) is 4.79 Å². The zero-order valence-corrected chi connectivity index (χ0v) is 8.86. The number of nitrogens with zero attached hydrogens (tertiary/aromatic N) is 2. The van der Waals surface area contributed by atoms with E-state index < -0.39 is 0 Å². The fraction of sp³-hybridized carbons (Fsp3) is 0.300. The van der Waals surface area contributed by atoms with Gasteiger partial charge in [-0.15, -0.1) is 10.2 Å². The Morgan fingerprint density at radius 1 is 1.44 bits per heavy atom. The molecule has 0 bridgehead atoms. The molecule has 0 saturated heterocycles. The average Bonchev–Trinajstić information content (AvgIpc) is 2.76. The molecule has 0 aliphatic carbocycles. The molecule has 16 heavy (non-hydrogen) atoms. The molecule has 0 amide bonds. The Kier molecular flexibility index (Phi) is 3.11. The summed E-state index contributed by atoms with van der Waals surface area (Å²) in [6.45, 7) is 0.785. The van der Waals surface area contributed by atoms with Gasteiger partial charge in [-0.1, -0.05) is 0 Å². The summed E-state index contributed by atoms with van der Waals surface area (Å²) < 4.78 is 5.43. The summed E-state index contributed by atoms with van der Waals surface area (Å²) in [6.07, 6.45) is 2.24. The van der Waals surface area contributed by atoms with Crippen molar-refractivity contribution in [2.45, 2.75) is 6.42 Å². The van der Waals surface area contributed by atoms with Gasteiger partial charge >= 0.3 is 0 Å². The van der Waals surface area contributed by atoms with Crippen molar-refractivity contribution in [1.82, 2.24) is 20.5 Å². The molecular weight excluding hydrogens is 208 g/mol. The lowest BCUT2D eigenvalue weighted by molar-refractivity contribution is 0.500. The molecule has 2 rings (SSSR count). The molecule has 6 heteroatoms. The van der Waals surface area contributed by atoms with Gasteiger partial charge < -0.3 is 14.7 Å². The van der Waals surface area contributed by atoms with Gasteiger partial charge in [0.1, 0.15) is 0 Å². The van der Waals surface area contributed by atoms with Crippen LogP contribution in [0.25, 0.3) is 11.5 Å². The first-order valence-corrected chi connectivity index (χ1v) is 4.95. The third kappa shape index (κ3) is 2.34. The van der Waals surface area contributed by atoms with Crippen molar-refractivity contribution in [2.75, 3.05) is 13.6 Å². The van der Waals surface area contributed by atoms with E-state index in [1.54, 1.807) is 12.3 Å². The van der Waals surface area contributed by atoms with Crippen molar-refractivity contribution in [3.8, 4) is 11.5 Å². The molecule has 2 aromatic rings. The van der Waals surface area contributed by atoms with E-state index in [0.717, 1.165) is 6.54 Å². The van der Waals surface area contributed by atoms with Crippen LogP contribution in [0.1, 0.15) is 5.89 Å². The third-order valence-electron chi connectivity index (χ3n) is 2.09. The van der Waals surface area contributed by atoms with Crippen LogP contribution in [0.2, 0.25) is 0 Å². The van der Waals surface area contributed by atoms with Crippen LogP contribution in [-0.4, -0.2) is 28.8 Å². The van der Waals surface area contributed by atoms with Crippen molar-refractivity contribution < 1.29 is 4.42 Å². The van der Waals surface area contributed by atoms with E-state index in [9.17, 15) is 4.79 Å². The summed E-state index contributed by atoms with van der Waals surface area (Å²) in [5, 5.41) is 10.8. The number of hydrogen-bond donors (Lipinski definition) is 2. The lowest BCUT2D eigenvalue weighted by Gasteiger charge is -1.93. The standard InChI is InChI=1S/C10H12N4O2/c1-11-5-4-9-13-14-10(16-9)7-2-3-8(15)12-6-7/h2-3,6,11H,4-5H2,1H3,(H,12,15). The number of likely N-dealkylation sites (N-methyl/N-ethyl adjacent to an activating group) is 1. The van der Waals surface area contributed by atoms with Crippen LogP contribution in [0.5, 0.6) is 0 Å². The number of pyridine rings is 1. The molecule has 0 radical (unpaired) electrons. The Hall–Kier alpha value is -1.95. The highest BCUT2D eigenvalue weighted by Gasteiger charge is 2.07. The zero-order valence-electron chi connectivity index (χ0n) is 8.86. The third-order valence-corrected chi connectivity index (χ3v) is 2.09. The smallest absolute Gasteiger partial charge is 0.249 e. The van der Waals surface area contributed by atoms with Gasteiger partial charge in [-0.2, -0.15) is 0 Å². The minimum Gasteiger partial charge on any atom is -0.421 e. The fourth-order valence-electron chi connectivity index (χ4n) is 1.25. The fourth-order valence-corrected chi connectivity index (χ4v) is 1.25. The van der Waals surface area contributed by atoms with Crippen LogP contribution in [0, 0.1) is 0 Å². The normalized spacial score (nSPS) is 10.6. The predicted octanol–water partition coefficient (Wildman–Crippen LogP) is 0.187. The topological polar surface area (TPSA) is 83.8 Å². The molecule has 0 fully saturated rings. The number of rotatable bonds is 4. The summed E-state index contributed by atoms with van der Waals surface area (Å²) in [4.78, 5) is 13.4. The Bertz CT molecular complexity index is 497. The molecule has 84 valence electrons. The number of aromatic amines is 1. The van der Waals surface area contributed by atoms with Crippen molar-refractivity contribution in [2.24, 2.45) is 0 Å². The molecule has 6 nitrogen and oxygen atoms in total. The van der Waals surface area contributed by atoms with Crippen LogP contribution in [-0.2, 0) is 6.42 Å². The zero-order chi connectivity index (χ0) is 11.4. The van der Waals surface area contributed by atoms with Crippen LogP contribution in [0.4, 0.5) is 0 Å². The second-order valence-corrected chi connectivity index (χ2v) is 3.30. The molecule has 2 aromatic heterocycles. The summed E-state index contributed by atoms with van der Waals surface area (Å²) >= 11 is 0. The SMILES string of the molecule is CNCCc1nnc(-c2ccc(=O)[nH]c2)o1. The lowest BCUT2D eigenvalue weighted by Crippen LogP contribution is -2.10. The minimum atomic E-state index is -0.154. The minimum absolute atomic E-state index is 0.154. The molecule has 0 aliphatic heterocycles.